The van der Waals surface area contributed by atoms with Crippen molar-refractivity contribution in [1.82, 2.24) is 14.4 Å². The van der Waals surface area contributed by atoms with Crippen LogP contribution in [0.3, 0.4) is 0 Å². The van der Waals surface area contributed by atoms with Crippen LogP contribution in [0.4, 0.5) is 10.8 Å². The highest BCUT2D eigenvalue weighted by atomic mass is 35.5. The molecule has 9 heteroatoms. The van der Waals surface area contributed by atoms with Crippen LogP contribution in [0.15, 0.2) is 59.4 Å². The Balaban J connectivity index is 1.55. The molecule has 0 saturated heterocycles. The minimum absolute atomic E-state index is 0.569. The maximum Gasteiger partial charge on any atom is 0.194 e. The normalized spacial score (nSPS) is 11.2. The van der Waals surface area contributed by atoms with E-state index in [9.17, 15) is 0 Å². The Kier molecular flexibility index (Phi) is 5.12. The van der Waals surface area contributed by atoms with Gasteiger partial charge in [0.15, 0.2) is 10.1 Å². The predicted octanol–water partition coefficient (Wildman–Crippen LogP) is 7.25. The number of anilines is 2. The molecule has 30 heavy (non-hydrogen) atoms. The zero-order valence-corrected chi connectivity index (χ0v) is 18.7. The van der Waals surface area contributed by atoms with Gasteiger partial charge in [-0.3, -0.25) is 4.40 Å². The molecule has 0 amide bonds. The average molecular weight is 473 g/mol. The van der Waals surface area contributed by atoms with Crippen LogP contribution in [0.5, 0.6) is 5.75 Å². The van der Waals surface area contributed by atoms with Gasteiger partial charge < -0.3 is 10.1 Å². The monoisotopic (exact) mass is 472 g/mol. The first-order valence-corrected chi connectivity index (χ1v) is 11.4. The minimum Gasteiger partial charge on any atom is -0.497 e. The van der Waals surface area contributed by atoms with Gasteiger partial charge in [0.25, 0.3) is 0 Å². The van der Waals surface area contributed by atoms with Gasteiger partial charge in [-0.15, -0.1) is 22.7 Å². The Hall–Kier alpha value is -2.58. The van der Waals surface area contributed by atoms with Crippen LogP contribution in [0.1, 0.15) is 0 Å². The van der Waals surface area contributed by atoms with Crippen molar-refractivity contribution in [3.8, 4) is 28.4 Å². The summed E-state index contributed by atoms with van der Waals surface area (Å²) in [4.78, 5) is 10.6. The quantitative estimate of drug-likeness (QED) is 0.292. The van der Waals surface area contributed by atoms with Gasteiger partial charge in [0.05, 0.1) is 12.8 Å². The number of hydrogen-bond donors (Lipinski definition) is 1. The Morgan fingerprint density at radius 1 is 1.00 bits per heavy atom. The largest absolute Gasteiger partial charge is 0.497 e. The smallest absolute Gasteiger partial charge is 0.194 e. The number of nitrogens with zero attached hydrogens (tertiary/aromatic N) is 3. The highest BCUT2D eigenvalue weighted by Gasteiger charge is 2.19. The van der Waals surface area contributed by atoms with Crippen molar-refractivity contribution in [2.24, 2.45) is 0 Å². The van der Waals surface area contributed by atoms with E-state index in [2.05, 4.69) is 9.72 Å². The summed E-state index contributed by atoms with van der Waals surface area (Å²) >= 11 is 15.3. The number of methoxy groups -OCH3 is 1. The van der Waals surface area contributed by atoms with Gasteiger partial charge >= 0.3 is 0 Å². The molecule has 0 unspecified atom stereocenters. The molecule has 5 nitrogen and oxygen atoms in total. The number of rotatable bonds is 5. The second-order valence-electron chi connectivity index (χ2n) is 6.41. The van der Waals surface area contributed by atoms with Crippen molar-refractivity contribution < 1.29 is 4.74 Å². The molecule has 0 aliphatic carbocycles. The Morgan fingerprint density at radius 3 is 2.50 bits per heavy atom. The molecule has 0 spiro atoms. The molecule has 5 aromatic rings. The molecule has 5 rings (SSSR count). The zero-order chi connectivity index (χ0) is 20.7. The molecule has 0 fully saturated rings. The summed E-state index contributed by atoms with van der Waals surface area (Å²) in [6, 6.07) is 13.2. The molecule has 0 bridgehead atoms. The van der Waals surface area contributed by atoms with Gasteiger partial charge in [0.1, 0.15) is 17.1 Å². The summed E-state index contributed by atoms with van der Waals surface area (Å²) in [6.07, 6.45) is 2.01. The zero-order valence-electron chi connectivity index (χ0n) is 15.6. The number of nitrogens with one attached hydrogen (secondary N) is 1. The summed E-state index contributed by atoms with van der Waals surface area (Å²) in [7, 11) is 1.66. The first kappa shape index (κ1) is 19.4. The van der Waals surface area contributed by atoms with Crippen molar-refractivity contribution in [3.05, 3.63) is 69.5 Å². The Labute approximate surface area is 190 Å². The fourth-order valence-electron chi connectivity index (χ4n) is 3.17. The van der Waals surface area contributed by atoms with Gasteiger partial charge in [0, 0.05) is 38.3 Å². The molecule has 2 aromatic carbocycles. The summed E-state index contributed by atoms with van der Waals surface area (Å²) in [5, 5.41) is 9.19. The SMILES string of the molecule is COc1ccc(-c2nc3sccn3c2-c2csc(Nc3cc(Cl)cc(Cl)c3)n2)cc1. The van der Waals surface area contributed by atoms with E-state index in [1.54, 1.807) is 24.5 Å². The maximum absolute atomic E-state index is 6.11. The van der Waals surface area contributed by atoms with Crippen molar-refractivity contribution in [2.45, 2.75) is 0 Å². The predicted molar refractivity (Wildman–Crippen MR) is 126 cm³/mol. The summed E-state index contributed by atoms with van der Waals surface area (Å²) < 4.78 is 7.35. The number of thiazole rings is 2. The van der Waals surface area contributed by atoms with Gasteiger partial charge in [-0.25, -0.2) is 9.97 Å². The third-order valence-corrected chi connectivity index (χ3v) is 6.44. The van der Waals surface area contributed by atoms with E-state index in [0.717, 1.165) is 44.2 Å². The van der Waals surface area contributed by atoms with Crippen LogP contribution < -0.4 is 10.1 Å². The topological polar surface area (TPSA) is 51.5 Å². The van der Waals surface area contributed by atoms with E-state index in [-0.39, 0.29) is 0 Å². The van der Waals surface area contributed by atoms with Crippen molar-refractivity contribution >= 4 is 61.7 Å². The first-order chi connectivity index (χ1) is 14.6. The van der Waals surface area contributed by atoms with Gasteiger partial charge in [0.2, 0.25) is 0 Å². The Morgan fingerprint density at radius 2 is 1.77 bits per heavy atom. The molecule has 3 heterocycles. The molecular formula is C21H14Cl2N4OS2. The number of ether oxygens (including phenoxy) is 1. The fourth-order valence-corrected chi connectivity index (χ4v) is 5.13. The second-order valence-corrected chi connectivity index (χ2v) is 9.02. The number of fused-ring (bicyclic) bond motifs is 1. The van der Waals surface area contributed by atoms with E-state index in [1.165, 1.54) is 11.3 Å². The standard InChI is InChI=1S/C21H14Cl2N4OS2/c1-28-16-4-2-12(3-5-16)18-19(27-6-7-29-21(27)26-18)17-11-30-20(25-17)24-15-9-13(22)8-14(23)10-15/h2-11H,1H3,(H,24,25). The number of benzene rings is 2. The molecule has 150 valence electrons. The van der Waals surface area contributed by atoms with Crippen LogP contribution in [-0.2, 0) is 0 Å². The lowest BCUT2D eigenvalue weighted by atomic mass is 10.1. The summed E-state index contributed by atoms with van der Waals surface area (Å²) in [6.45, 7) is 0. The molecular weight excluding hydrogens is 459 g/mol. The molecule has 3 aromatic heterocycles. The maximum atomic E-state index is 6.11. The first-order valence-electron chi connectivity index (χ1n) is 8.90. The number of halogens is 2. The number of imidazole rings is 1. The summed E-state index contributed by atoms with van der Waals surface area (Å²) in [5.41, 5.74) is 4.47. The number of aromatic nitrogens is 3. The third-order valence-electron chi connectivity index (χ3n) is 4.49. The minimum atomic E-state index is 0.569. The van der Waals surface area contributed by atoms with Crippen LogP contribution in [0.25, 0.3) is 27.6 Å². The van der Waals surface area contributed by atoms with Gasteiger partial charge in [-0.1, -0.05) is 23.2 Å². The van der Waals surface area contributed by atoms with Crippen LogP contribution in [0.2, 0.25) is 10.0 Å². The Bertz CT molecular complexity index is 1320. The van der Waals surface area contributed by atoms with Gasteiger partial charge in [-0.05, 0) is 42.5 Å². The van der Waals surface area contributed by atoms with E-state index < -0.39 is 0 Å². The van der Waals surface area contributed by atoms with Gasteiger partial charge in [-0.2, -0.15) is 0 Å². The van der Waals surface area contributed by atoms with Crippen molar-refractivity contribution in [2.75, 3.05) is 12.4 Å². The molecule has 0 aliphatic heterocycles. The highest BCUT2D eigenvalue weighted by Crippen LogP contribution is 2.37. The lowest BCUT2D eigenvalue weighted by Gasteiger charge is -2.05. The highest BCUT2D eigenvalue weighted by molar-refractivity contribution is 7.15. The van der Waals surface area contributed by atoms with Crippen molar-refractivity contribution in [3.63, 3.8) is 0 Å². The average Bonchev–Trinajstić information content (AvgIpc) is 3.43. The molecule has 1 N–H and O–H groups in total. The van der Waals surface area contributed by atoms with E-state index in [1.807, 2.05) is 53.4 Å². The van der Waals surface area contributed by atoms with Crippen LogP contribution in [0, 0.1) is 0 Å². The van der Waals surface area contributed by atoms with Crippen molar-refractivity contribution in [1.29, 1.82) is 0 Å². The molecule has 0 radical (unpaired) electrons. The lowest BCUT2D eigenvalue weighted by Crippen LogP contribution is -1.92. The molecule has 0 saturated carbocycles. The second kappa shape index (κ2) is 7.92. The van der Waals surface area contributed by atoms with Crippen LogP contribution in [-0.4, -0.2) is 21.5 Å². The fraction of sp³-hybridized carbons (Fsp3) is 0.0476. The van der Waals surface area contributed by atoms with E-state index in [0.29, 0.717) is 10.0 Å². The summed E-state index contributed by atoms with van der Waals surface area (Å²) in [5.74, 6) is 0.807. The molecule has 0 atom stereocenters. The van der Waals surface area contributed by atoms with E-state index in [4.69, 9.17) is 37.9 Å². The number of hydrogen-bond acceptors (Lipinski definition) is 6. The molecule has 0 aliphatic rings. The van der Waals surface area contributed by atoms with E-state index >= 15 is 0 Å². The third kappa shape index (κ3) is 3.65. The van der Waals surface area contributed by atoms with Crippen LogP contribution >= 0.6 is 45.9 Å². The lowest BCUT2D eigenvalue weighted by molar-refractivity contribution is 0.415.